The monoisotopic (exact) mass is 311 g/mol. The molecule has 100 valence electrons. The van der Waals surface area contributed by atoms with Crippen LogP contribution in [0, 0.1) is 0 Å². The lowest BCUT2D eigenvalue weighted by Gasteiger charge is -2.24. The molecule has 1 aliphatic rings. The third kappa shape index (κ3) is 3.81. The van der Waals surface area contributed by atoms with E-state index in [4.69, 9.17) is 0 Å². The second kappa shape index (κ2) is 7.27. The van der Waals surface area contributed by atoms with Gasteiger partial charge in [0, 0.05) is 10.5 Å². The number of benzene rings is 1. The van der Waals surface area contributed by atoms with E-state index in [1.165, 1.54) is 38.5 Å². The van der Waals surface area contributed by atoms with Gasteiger partial charge in [-0.1, -0.05) is 59.8 Å². The summed E-state index contributed by atoms with van der Waals surface area (Å²) in [5.74, 6) is 0. The van der Waals surface area contributed by atoms with E-state index in [1.807, 2.05) is 18.2 Å². The molecule has 0 radical (unpaired) electrons. The Balaban J connectivity index is 2.02. The molecule has 0 spiro atoms. The molecule has 1 aromatic carbocycles. The molecule has 1 atom stereocenters. The molecule has 18 heavy (non-hydrogen) atoms. The standard InChI is InChI=1S/C15H22BrNO/c16-14-10-6-5-9-13(14)15(11-18)17-12-7-3-1-2-4-8-12/h5-6,9-10,12,15,17-18H,1-4,7-8,11H2. The number of hydrogen-bond acceptors (Lipinski definition) is 2. The molecule has 0 aromatic heterocycles. The van der Waals surface area contributed by atoms with Crippen LogP contribution in [0.1, 0.15) is 50.1 Å². The van der Waals surface area contributed by atoms with Crippen molar-refractivity contribution in [3.05, 3.63) is 34.3 Å². The quantitative estimate of drug-likeness (QED) is 0.829. The summed E-state index contributed by atoms with van der Waals surface area (Å²) in [4.78, 5) is 0. The smallest absolute Gasteiger partial charge is 0.0627 e. The first-order valence-electron chi connectivity index (χ1n) is 6.92. The minimum Gasteiger partial charge on any atom is -0.394 e. The maximum Gasteiger partial charge on any atom is 0.0627 e. The molecular weight excluding hydrogens is 290 g/mol. The number of hydrogen-bond donors (Lipinski definition) is 2. The van der Waals surface area contributed by atoms with Crippen LogP contribution in [0.5, 0.6) is 0 Å². The highest BCUT2D eigenvalue weighted by Gasteiger charge is 2.19. The lowest BCUT2D eigenvalue weighted by molar-refractivity contribution is 0.228. The van der Waals surface area contributed by atoms with Crippen LogP contribution < -0.4 is 5.32 Å². The van der Waals surface area contributed by atoms with Gasteiger partial charge < -0.3 is 10.4 Å². The Morgan fingerprint density at radius 2 is 1.83 bits per heavy atom. The van der Waals surface area contributed by atoms with Crippen LogP contribution >= 0.6 is 15.9 Å². The second-order valence-electron chi connectivity index (χ2n) is 5.11. The zero-order chi connectivity index (χ0) is 12.8. The predicted molar refractivity (Wildman–Crippen MR) is 78.6 cm³/mol. The molecule has 0 aliphatic heterocycles. The summed E-state index contributed by atoms with van der Waals surface area (Å²) >= 11 is 3.57. The van der Waals surface area contributed by atoms with Crippen LogP contribution in [0.2, 0.25) is 0 Å². The summed E-state index contributed by atoms with van der Waals surface area (Å²) in [6.45, 7) is 0.152. The lowest BCUT2D eigenvalue weighted by atomic mass is 10.0. The van der Waals surface area contributed by atoms with Crippen molar-refractivity contribution in [2.45, 2.75) is 50.6 Å². The van der Waals surface area contributed by atoms with Crippen LogP contribution in [0.15, 0.2) is 28.7 Å². The van der Waals surface area contributed by atoms with Gasteiger partial charge in [0.1, 0.15) is 0 Å². The molecule has 1 fully saturated rings. The molecule has 1 aliphatic carbocycles. The van der Waals surface area contributed by atoms with Gasteiger partial charge in [0.05, 0.1) is 12.6 Å². The van der Waals surface area contributed by atoms with Crippen molar-refractivity contribution in [1.29, 1.82) is 0 Å². The third-order valence-corrected chi connectivity index (χ3v) is 4.48. The Labute approximate surface area is 118 Å². The van der Waals surface area contributed by atoms with Gasteiger partial charge in [-0.3, -0.25) is 0 Å². The molecule has 2 nitrogen and oxygen atoms in total. The summed E-state index contributed by atoms with van der Waals surface area (Å²) in [5.41, 5.74) is 1.16. The van der Waals surface area contributed by atoms with E-state index >= 15 is 0 Å². The van der Waals surface area contributed by atoms with E-state index in [1.54, 1.807) is 0 Å². The van der Waals surface area contributed by atoms with Crippen molar-refractivity contribution in [3.8, 4) is 0 Å². The fourth-order valence-electron chi connectivity index (χ4n) is 2.73. The van der Waals surface area contributed by atoms with E-state index in [9.17, 15) is 5.11 Å². The van der Waals surface area contributed by atoms with Crippen molar-refractivity contribution in [2.75, 3.05) is 6.61 Å². The highest BCUT2D eigenvalue weighted by molar-refractivity contribution is 9.10. The summed E-state index contributed by atoms with van der Waals surface area (Å²) in [6.07, 6.45) is 7.81. The van der Waals surface area contributed by atoms with Gasteiger partial charge >= 0.3 is 0 Å². The third-order valence-electron chi connectivity index (χ3n) is 3.76. The zero-order valence-corrected chi connectivity index (χ0v) is 12.3. The molecule has 2 rings (SSSR count). The number of aliphatic hydroxyl groups excluding tert-OH is 1. The van der Waals surface area contributed by atoms with Crippen molar-refractivity contribution in [1.82, 2.24) is 5.32 Å². The number of rotatable bonds is 4. The molecule has 0 saturated heterocycles. The van der Waals surface area contributed by atoms with Gasteiger partial charge in [-0.15, -0.1) is 0 Å². The minimum atomic E-state index is 0.0451. The van der Waals surface area contributed by atoms with E-state index in [-0.39, 0.29) is 12.6 Å². The molecule has 1 aromatic rings. The van der Waals surface area contributed by atoms with Crippen LogP contribution in [-0.2, 0) is 0 Å². The fourth-order valence-corrected chi connectivity index (χ4v) is 3.29. The average molecular weight is 312 g/mol. The molecule has 0 bridgehead atoms. The Morgan fingerprint density at radius 1 is 1.17 bits per heavy atom. The number of nitrogens with one attached hydrogen (secondary N) is 1. The first-order valence-corrected chi connectivity index (χ1v) is 7.72. The molecule has 1 unspecified atom stereocenters. The van der Waals surface area contributed by atoms with Gasteiger partial charge in [0.25, 0.3) is 0 Å². The minimum absolute atomic E-state index is 0.0451. The Morgan fingerprint density at radius 3 is 2.44 bits per heavy atom. The van der Waals surface area contributed by atoms with Gasteiger partial charge in [-0.05, 0) is 24.5 Å². The SMILES string of the molecule is OCC(NC1CCCCCC1)c1ccccc1Br. The molecule has 0 amide bonds. The number of aliphatic hydroxyl groups is 1. The first-order chi connectivity index (χ1) is 8.81. The highest BCUT2D eigenvalue weighted by atomic mass is 79.9. The van der Waals surface area contributed by atoms with Crippen LogP contribution in [-0.4, -0.2) is 17.8 Å². The second-order valence-corrected chi connectivity index (χ2v) is 5.97. The van der Waals surface area contributed by atoms with Gasteiger partial charge in [0.15, 0.2) is 0 Å². The summed E-state index contributed by atoms with van der Waals surface area (Å²) < 4.78 is 1.07. The summed E-state index contributed by atoms with van der Waals surface area (Å²) in [7, 11) is 0. The van der Waals surface area contributed by atoms with Crippen molar-refractivity contribution in [2.24, 2.45) is 0 Å². The summed E-state index contributed by atoms with van der Waals surface area (Å²) in [6, 6.07) is 8.74. The molecular formula is C15H22BrNO. The maximum atomic E-state index is 9.62. The molecule has 3 heteroatoms. The van der Waals surface area contributed by atoms with Crippen LogP contribution in [0.3, 0.4) is 0 Å². The first kappa shape index (κ1) is 14.0. The van der Waals surface area contributed by atoms with Crippen LogP contribution in [0.25, 0.3) is 0 Å². The van der Waals surface area contributed by atoms with Crippen molar-refractivity contribution in [3.63, 3.8) is 0 Å². The van der Waals surface area contributed by atoms with Crippen molar-refractivity contribution >= 4 is 15.9 Å². The number of halogens is 1. The molecule has 1 saturated carbocycles. The largest absolute Gasteiger partial charge is 0.394 e. The van der Waals surface area contributed by atoms with E-state index in [2.05, 4.69) is 27.3 Å². The molecule has 2 N–H and O–H groups in total. The fraction of sp³-hybridized carbons (Fsp3) is 0.600. The Hall–Kier alpha value is -0.380. The Bertz CT molecular complexity index is 361. The average Bonchev–Trinajstić information content (AvgIpc) is 2.65. The van der Waals surface area contributed by atoms with Crippen LogP contribution in [0.4, 0.5) is 0 Å². The lowest BCUT2D eigenvalue weighted by Crippen LogP contribution is -2.34. The van der Waals surface area contributed by atoms with E-state index < -0.39 is 0 Å². The van der Waals surface area contributed by atoms with E-state index in [0.717, 1.165) is 10.0 Å². The van der Waals surface area contributed by atoms with E-state index in [0.29, 0.717) is 6.04 Å². The normalized spacial score (nSPS) is 19.4. The van der Waals surface area contributed by atoms with Crippen molar-refractivity contribution < 1.29 is 5.11 Å². The predicted octanol–water partition coefficient (Wildman–Crippen LogP) is 3.79. The van der Waals surface area contributed by atoms with Gasteiger partial charge in [-0.25, -0.2) is 0 Å². The Kier molecular flexibility index (Phi) is 5.67. The zero-order valence-electron chi connectivity index (χ0n) is 10.7. The molecule has 0 heterocycles. The summed E-state index contributed by atoms with van der Waals surface area (Å²) in [5, 5.41) is 13.2. The van der Waals surface area contributed by atoms with Gasteiger partial charge in [-0.2, -0.15) is 0 Å². The van der Waals surface area contributed by atoms with Gasteiger partial charge in [0.2, 0.25) is 0 Å². The highest BCUT2D eigenvalue weighted by Crippen LogP contribution is 2.25. The topological polar surface area (TPSA) is 32.3 Å². The maximum absolute atomic E-state index is 9.62.